The van der Waals surface area contributed by atoms with Crippen LogP contribution in [-0.4, -0.2) is 42.7 Å². The smallest absolute Gasteiger partial charge is 0.238 e. The molecule has 0 radical (unpaired) electrons. The number of benzene rings is 3. The molecule has 0 bridgehead atoms. The zero-order valence-electron chi connectivity index (χ0n) is 18.7. The van der Waals surface area contributed by atoms with Crippen molar-refractivity contribution in [3.63, 3.8) is 0 Å². The number of methoxy groups -OCH3 is 1. The molecule has 8 nitrogen and oxygen atoms in total. The van der Waals surface area contributed by atoms with E-state index in [1.54, 1.807) is 19.2 Å². The van der Waals surface area contributed by atoms with Gasteiger partial charge in [-0.1, -0.05) is 29.5 Å². The van der Waals surface area contributed by atoms with Crippen molar-refractivity contribution in [2.45, 2.75) is 17.0 Å². The molecule has 0 aliphatic rings. The predicted molar refractivity (Wildman–Crippen MR) is 132 cm³/mol. The number of hydrogen-bond donors (Lipinski definition) is 1. The summed E-state index contributed by atoms with van der Waals surface area (Å²) in [7, 11) is -2.09. The standard InChI is InChI=1S/C24H24N4O4S2/c1-17-3-7-19(8-4-17)28-23(18-5-9-20(31-2)10-6-18)26-27-24(28)33-16-15-32-21-11-13-22(14-12-21)34(25,29)30/h3-14H,15-16H2,1-2H3,(H2,25,29,30). The number of sulfonamides is 1. The average Bonchev–Trinajstić information content (AvgIpc) is 3.26. The molecule has 0 aliphatic heterocycles. The van der Waals surface area contributed by atoms with Crippen molar-refractivity contribution < 1.29 is 17.9 Å². The van der Waals surface area contributed by atoms with Crippen molar-refractivity contribution in [1.82, 2.24) is 14.8 Å². The minimum Gasteiger partial charge on any atom is -0.497 e. The lowest BCUT2D eigenvalue weighted by atomic mass is 10.2. The number of hydrogen-bond acceptors (Lipinski definition) is 7. The third-order valence-electron chi connectivity index (χ3n) is 5.01. The van der Waals surface area contributed by atoms with E-state index in [1.807, 2.05) is 47.9 Å². The van der Waals surface area contributed by atoms with Crippen LogP contribution >= 0.6 is 11.8 Å². The molecule has 0 amide bonds. The molecule has 2 N–H and O–H groups in total. The Kier molecular flexibility index (Phi) is 7.20. The van der Waals surface area contributed by atoms with E-state index in [2.05, 4.69) is 22.3 Å². The summed E-state index contributed by atoms with van der Waals surface area (Å²) in [5, 5.41) is 14.7. The molecular formula is C24H24N4O4S2. The van der Waals surface area contributed by atoms with Crippen LogP contribution in [0, 0.1) is 6.92 Å². The van der Waals surface area contributed by atoms with Gasteiger partial charge in [-0.05, 0) is 67.6 Å². The summed E-state index contributed by atoms with van der Waals surface area (Å²) in [5.41, 5.74) is 3.05. The number of rotatable bonds is 9. The lowest BCUT2D eigenvalue weighted by Crippen LogP contribution is -2.11. The van der Waals surface area contributed by atoms with E-state index >= 15 is 0 Å². The summed E-state index contributed by atoms with van der Waals surface area (Å²) in [6.45, 7) is 2.45. The highest BCUT2D eigenvalue weighted by atomic mass is 32.2. The van der Waals surface area contributed by atoms with Crippen molar-refractivity contribution in [3.05, 3.63) is 78.4 Å². The normalized spacial score (nSPS) is 11.4. The van der Waals surface area contributed by atoms with Crippen LogP contribution in [0.2, 0.25) is 0 Å². The molecular weight excluding hydrogens is 472 g/mol. The predicted octanol–water partition coefficient (Wildman–Crippen LogP) is 4.07. The van der Waals surface area contributed by atoms with Crippen LogP contribution in [0.5, 0.6) is 11.5 Å². The van der Waals surface area contributed by atoms with Gasteiger partial charge in [-0.2, -0.15) is 0 Å². The third kappa shape index (κ3) is 5.58. The fourth-order valence-corrected chi connectivity index (χ4v) is 4.52. The highest BCUT2D eigenvalue weighted by molar-refractivity contribution is 7.99. The van der Waals surface area contributed by atoms with Gasteiger partial charge in [-0.3, -0.25) is 4.57 Å². The Morgan fingerprint density at radius 3 is 2.18 bits per heavy atom. The molecule has 34 heavy (non-hydrogen) atoms. The van der Waals surface area contributed by atoms with E-state index in [1.165, 1.54) is 29.5 Å². The second kappa shape index (κ2) is 10.3. The summed E-state index contributed by atoms with van der Waals surface area (Å²) in [6.07, 6.45) is 0. The molecule has 176 valence electrons. The topological polar surface area (TPSA) is 109 Å². The number of ether oxygens (including phenoxy) is 2. The summed E-state index contributed by atoms with van der Waals surface area (Å²) in [6, 6.07) is 21.9. The van der Waals surface area contributed by atoms with Crippen molar-refractivity contribution in [1.29, 1.82) is 0 Å². The van der Waals surface area contributed by atoms with Crippen LogP contribution in [0.4, 0.5) is 0 Å². The molecule has 4 rings (SSSR count). The molecule has 4 aromatic rings. The molecule has 3 aromatic carbocycles. The van der Waals surface area contributed by atoms with Gasteiger partial charge in [0, 0.05) is 17.0 Å². The van der Waals surface area contributed by atoms with Crippen molar-refractivity contribution in [2.75, 3.05) is 19.5 Å². The number of aryl methyl sites for hydroxylation is 1. The molecule has 0 spiro atoms. The first kappa shape index (κ1) is 23.8. The van der Waals surface area contributed by atoms with Gasteiger partial charge in [0.05, 0.1) is 18.6 Å². The fourth-order valence-electron chi connectivity index (χ4n) is 3.24. The molecule has 0 unspecified atom stereocenters. The molecule has 0 atom stereocenters. The zero-order valence-corrected chi connectivity index (χ0v) is 20.3. The molecule has 0 saturated carbocycles. The Morgan fingerprint density at radius 2 is 1.56 bits per heavy atom. The fraction of sp³-hybridized carbons (Fsp3) is 0.167. The SMILES string of the molecule is COc1ccc(-c2nnc(SCCOc3ccc(S(N)(=O)=O)cc3)n2-c2ccc(C)cc2)cc1. The minimum atomic E-state index is -3.72. The molecule has 0 saturated heterocycles. The Hall–Kier alpha value is -3.34. The lowest BCUT2D eigenvalue weighted by molar-refractivity contribution is 0.343. The Bertz CT molecular complexity index is 1350. The second-order valence-corrected chi connectivity index (χ2v) is 10.0. The minimum absolute atomic E-state index is 0.0477. The summed E-state index contributed by atoms with van der Waals surface area (Å²) in [4.78, 5) is 0.0477. The van der Waals surface area contributed by atoms with E-state index in [0.29, 0.717) is 18.1 Å². The Morgan fingerprint density at radius 1 is 0.912 bits per heavy atom. The first-order chi connectivity index (χ1) is 16.3. The molecule has 10 heteroatoms. The maximum Gasteiger partial charge on any atom is 0.238 e. The zero-order chi connectivity index (χ0) is 24.1. The second-order valence-electron chi connectivity index (χ2n) is 7.42. The first-order valence-corrected chi connectivity index (χ1v) is 12.9. The van der Waals surface area contributed by atoms with E-state index < -0.39 is 10.0 Å². The number of nitrogens with two attached hydrogens (primary N) is 1. The van der Waals surface area contributed by atoms with Gasteiger partial charge < -0.3 is 9.47 Å². The van der Waals surface area contributed by atoms with Gasteiger partial charge >= 0.3 is 0 Å². The van der Waals surface area contributed by atoms with E-state index in [-0.39, 0.29) is 4.90 Å². The van der Waals surface area contributed by atoms with Crippen LogP contribution in [0.1, 0.15) is 5.56 Å². The number of aromatic nitrogens is 3. The maximum atomic E-state index is 11.4. The van der Waals surface area contributed by atoms with E-state index in [9.17, 15) is 8.42 Å². The Balaban J connectivity index is 1.51. The van der Waals surface area contributed by atoms with Gasteiger partial charge in [0.15, 0.2) is 11.0 Å². The van der Waals surface area contributed by atoms with Crippen molar-refractivity contribution in [2.24, 2.45) is 5.14 Å². The molecule has 0 aliphatic carbocycles. The van der Waals surface area contributed by atoms with Crippen LogP contribution in [-0.2, 0) is 10.0 Å². The van der Waals surface area contributed by atoms with E-state index in [4.69, 9.17) is 14.6 Å². The van der Waals surface area contributed by atoms with Gasteiger partial charge in [0.25, 0.3) is 0 Å². The van der Waals surface area contributed by atoms with Gasteiger partial charge in [-0.15, -0.1) is 10.2 Å². The monoisotopic (exact) mass is 496 g/mol. The largest absolute Gasteiger partial charge is 0.497 e. The summed E-state index contributed by atoms with van der Waals surface area (Å²) >= 11 is 1.52. The Labute approximate surface area is 202 Å². The molecule has 1 aromatic heterocycles. The highest BCUT2D eigenvalue weighted by Gasteiger charge is 2.16. The van der Waals surface area contributed by atoms with Gasteiger partial charge in [0.1, 0.15) is 11.5 Å². The summed E-state index contributed by atoms with van der Waals surface area (Å²) in [5.74, 6) is 2.68. The van der Waals surface area contributed by atoms with E-state index in [0.717, 1.165) is 28.0 Å². The van der Waals surface area contributed by atoms with Gasteiger partial charge in [-0.25, -0.2) is 13.6 Å². The van der Waals surface area contributed by atoms with Crippen LogP contribution in [0.15, 0.2) is 82.8 Å². The third-order valence-corrected chi connectivity index (χ3v) is 6.83. The quantitative estimate of drug-likeness (QED) is 0.275. The molecule has 0 fully saturated rings. The van der Waals surface area contributed by atoms with Crippen molar-refractivity contribution in [3.8, 4) is 28.6 Å². The summed E-state index contributed by atoms with van der Waals surface area (Å²) < 4.78 is 35.8. The average molecular weight is 497 g/mol. The number of thioether (sulfide) groups is 1. The van der Waals surface area contributed by atoms with Crippen LogP contribution in [0.3, 0.4) is 0 Å². The van der Waals surface area contributed by atoms with Gasteiger partial charge in [0.2, 0.25) is 10.0 Å². The lowest BCUT2D eigenvalue weighted by Gasteiger charge is -2.11. The van der Waals surface area contributed by atoms with Crippen LogP contribution < -0.4 is 14.6 Å². The first-order valence-electron chi connectivity index (χ1n) is 10.4. The van der Waals surface area contributed by atoms with Crippen molar-refractivity contribution >= 4 is 21.8 Å². The highest BCUT2D eigenvalue weighted by Crippen LogP contribution is 2.29. The molecule has 1 heterocycles. The number of primary sulfonamides is 1. The number of nitrogens with zero attached hydrogens (tertiary/aromatic N) is 3. The maximum absolute atomic E-state index is 11.4. The van der Waals surface area contributed by atoms with Crippen LogP contribution in [0.25, 0.3) is 17.1 Å².